The van der Waals surface area contributed by atoms with E-state index in [1.54, 1.807) is 13.2 Å². The molecule has 0 radical (unpaired) electrons. The number of rotatable bonds is 10. The second kappa shape index (κ2) is 10.3. The van der Waals surface area contributed by atoms with Crippen molar-refractivity contribution in [2.45, 2.75) is 63.6 Å². The minimum absolute atomic E-state index is 0.336. The first-order chi connectivity index (χ1) is 15.1. The minimum Gasteiger partial charge on any atom is -0.383 e. The van der Waals surface area contributed by atoms with Gasteiger partial charge in [0.25, 0.3) is 0 Å². The molecule has 4 rings (SSSR count). The monoisotopic (exact) mass is 428 g/mol. The average Bonchev–Trinajstić information content (AvgIpc) is 3.60. The Labute approximate surface area is 183 Å². The number of ether oxygens (including phenoxy) is 1. The summed E-state index contributed by atoms with van der Waals surface area (Å²) in [4.78, 5) is 12.8. The highest BCUT2D eigenvalue weighted by Gasteiger charge is 2.23. The molecular formula is C23H33FN6O. The molecule has 2 aromatic heterocycles. The summed E-state index contributed by atoms with van der Waals surface area (Å²) < 4.78 is 19.7. The Morgan fingerprint density at radius 2 is 1.81 bits per heavy atom. The number of nitrogens with one attached hydrogen (secondary N) is 3. The number of nitrogens with zero attached hydrogens (tertiary/aromatic N) is 3. The van der Waals surface area contributed by atoms with Crippen molar-refractivity contribution in [2.24, 2.45) is 5.92 Å². The predicted molar refractivity (Wildman–Crippen MR) is 121 cm³/mol. The van der Waals surface area contributed by atoms with Gasteiger partial charge in [0.2, 0.25) is 0 Å². The van der Waals surface area contributed by atoms with E-state index in [2.05, 4.69) is 37.8 Å². The number of hydrogen-bond donors (Lipinski definition) is 3. The molecule has 0 saturated heterocycles. The zero-order valence-corrected chi connectivity index (χ0v) is 18.4. The van der Waals surface area contributed by atoms with Crippen LogP contribution >= 0.6 is 0 Å². The van der Waals surface area contributed by atoms with Gasteiger partial charge in [-0.3, -0.25) is 0 Å². The highest BCUT2D eigenvalue weighted by Crippen LogP contribution is 2.30. The molecule has 1 atom stereocenters. The summed E-state index contributed by atoms with van der Waals surface area (Å²) in [6.07, 6.45) is 9.59. The van der Waals surface area contributed by atoms with Crippen LogP contribution in [0.1, 0.15) is 45.4 Å². The molecule has 3 N–H and O–H groups in total. The largest absolute Gasteiger partial charge is 0.383 e. The molecule has 2 heterocycles. The maximum Gasteiger partial charge on any atom is 0.151 e. The van der Waals surface area contributed by atoms with Crippen LogP contribution in [0.25, 0.3) is 11.3 Å². The smallest absolute Gasteiger partial charge is 0.151 e. The van der Waals surface area contributed by atoms with Gasteiger partial charge in [0.1, 0.15) is 18.0 Å². The van der Waals surface area contributed by atoms with Crippen LogP contribution < -0.4 is 16.0 Å². The van der Waals surface area contributed by atoms with Crippen molar-refractivity contribution in [3.63, 3.8) is 0 Å². The second-order valence-corrected chi connectivity index (χ2v) is 8.88. The van der Waals surface area contributed by atoms with Crippen LogP contribution in [0.5, 0.6) is 0 Å². The molecular weight excluding hydrogens is 395 g/mol. The van der Waals surface area contributed by atoms with E-state index in [9.17, 15) is 4.39 Å². The molecule has 2 aromatic rings. The topological polar surface area (TPSA) is 84.0 Å². The highest BCUT2D eigenvalue weighted by molar-refractivity contribution is 5.65. The third-order valence-electron chi connectivity index (χ3n) is 6.08. The molecule has 168 valence electrons. The molecule has 8 heteroatoms. The molecule has 2 aliphatic rings. The maximum atomic E-state index is 14.5. The van der Waals surface area contributed by atoms with E-state index in [0.29, 0.717) is 35.2 Å². The summed E-state index contributed by atoms with van der Waals surface area (Å²) in [6.45, 7) is 3.78. The molecule has 0 aliphatic heterocycles. The minimum atomic E-state index is -0.377. The molecule has 31 heavy (non-hydrogen) atoms. The zero-order valence-electron chi connectivity index (χ0n) is 18.4. The lowest BCUT2D eigenvalue weighted by Crippen LogP contribution is -2.42. The van der Waals surface area contributed by atoms with Gasteiger partial charge in [-0.15, -0.1) is 0 Å². The first kappa shape index (κ1) is 21.9. The van der Waals surface area contributed by atoms with Crippen LogP contribution in [0.15, 0.2) is 24.7 Å². The fourth-order valence-electron chi connectivity index (χ4n) is 4.20. The van der Waals surface area contributed by atoms with Crippen molar-refractivity contribution < 1.29 is 9.13 Å². The molecule has 0 bridgehead atoms. The number of hydrogen-bond acceptors (Lipinski definition) is 7. The van der Waals surface area contributed by atoms with Crippen LogP contribution in [-0.2, 0) is 4.74 Å². The number of anilines is 2. The van der Waals surface area contributed by atoms with E-state index in [1.807, 2.05) is 6.07 Å². The number of methoxy groups -OCH3 is 1. The van der Waals surface area contributed by atoms with Gasteiger partial charge in [0.15, 0.2) is 5.82 Å². The molecule has 2 fully saturated rings. The molecule has 0 spiro atoms. The maximum absolute atomic E-state index is 14.5. The first-order valence-corrected chi connectivity index (χ1v) is 11.3. The summed E-state index contributed by atoms with van der Waals surface area (Å²) in [5.41, 5.74) is 1.01. The predicted octanol–water partition coefficient (Wildman–Crippen LogP) is 3.85. The van der Waals surface area contributed by atoms with Gasteiger partial charge in [-0.1, -0.05) is 0 Å². The van der Waals surface area contributed by atoms with Crippen LogP contribution in [-0.4, -0.2) is 53.3 Å². The van der Waals surface area contributed by atoms with Crippen LogP contribution in [0.4, 0.5) is 16.0 Å². The summed E-state index contributed by atoms with van der Waals surface area (Å²) >= 11 is 0. The second-order valence-electron chi connectivity index (χ2n) is 8.88. The van der Waals surface area contributed by atoms with Crippen LogP contribution in [0.3, 0.4) is 0 Å². The van der Waals surface area contributed by atoms with Crippen molar-refractivity contribution in [3.05, 3.63) is 30.5 Å². The van der Waals surface area contributed by atoms with Gasteiger partial charge in [-0.05, 0) is 57.4 Å². The SMILES string of the molecule is COC[C@@H](C)NC1CCC(Nc2cc(-c3cc(NCC4CC4)ncn3)c(F)cn2)CC1. The summed E-state index contributed by atoms with van der Waals surface area (Å²) in [5.74, 6) is 1.78. The van der Waals surface area contributed by atoms with Gasteiger partial charge in [-0.2, -0.15) is 0 Å². The van der Waals surface area contributed by atoms with E-state index < -0.39 is 0 Å². The Bertz CT molecular complexity index is 854. The van der Waals surface area contributed by atoms with Gasteiger partial charge in [-0.25, -0.2) is 19.3 Å². The number of aromatic nitrogens is 3. The van der Waals surface area contributed by atoms with Gasteiger partial charge < -0.3 is 20.7 Å². The summed E-state index contributed by atoms with van der Waals surface area (Å²) in [7, 11) is 1.73. The molecule has 2 saturated carbocycles. The Morgan fingerprint density at radius 1 is 1.03 bits per heavy atom. The lowest BCUT2D eigenvalue weighted by atomic mass is 9.90. The Morgan fingerprint density at radius 3 is 2.55 bits per heavy atom. The van der Waals surface area contributed by atoms with E-state index in [-0.39, 0.29) is 5.82 Å². The highest BCUT2D eigenvalue weighted by atomic mass is 19.1. The zero-order chi connectivity index (χ0) is 21.6. The van der Waals surface area contributed by atoms with Crippen LogP contribution in [0, 0.1) is 11.7 Å². The van der Waals surface area contributed by atoms with E-state index in [4.69, 9.17) is 4.74 Å². The van der Waals surface area contributed by atoms with Crippen molar-refractivity contribution in [1.29, 1.82) is 0 Å². The quantitative estimate of drug-likeness (QED) is 0.530. The van der Waals surface area contributed by atoms with Crippen molar-refractivity contribution in [2.75, 3.05) is 30.9 Å². The average molecular weight is 429 g/mol. The molecule has 2 aliphatic carbocycles. The summed E-state index contributed by atoms with van der Waals surface area (Å²) in [5, 5.41) is 10.4. The molecule has 7 nitrogen and oxygen atoms in total. The standard InChI is InChI=1S/C23H33FN6O/c1-15(13-31-2)29-17-5-7-18(8-6-17)30-23-9-19(20(24)12-26-23)21-10-22(28-14-27-21)25-11-16-3-4-16/h9-10,12,14-18,29H,3-8,11,13H2,1-2H3,(H,26,30)(H,25,27,28)/t15-,17?,18?/m1/s1. The van der Waals surface area contributed by atoms with Crippen molar-refractivity contribution >= 4 is 11.6 Å². The van der Waals surface area contributed by atoms with Crippen molar-refractivity contribution in [1.82, 2.24) is 20.3 Å². The van der Waals surface area contributed by atoms with Gasteiger partial charge in [0.05, 0.1) is 18.5 Å². The lowest BCUT2D eigenvalue weighted by Gasteiger charge is -2.31. The van der Waals surface area contributed by atoms with E-state index in [0.717, 1.165) is 50.6 Å². The van der Waals surface area contributed by atoms with Gasteiger partial charge >= 0.3 is 0 Å². The molecule has 0 unspecified atom stereocenters. The van der Waals surface area contributed by atoms with Crippen LogP contribution in [0.2, 0.25) is 0 Å². The van der Waals surface area contributed by atoms with E-state index in [1.165, 1.54) is 25.4 Å². The third-order valence-corrected chi connectivity index (χ3v) is 6.08. The lowest BCUT2D eigenvalue weighted by molar-refractivity contribution is 0.161. The van der Waals surface area contributed by atoms with Gasteiger partial charge in [0, 0.05) is 43.4 Å². The Hall–Kier alpha value is -2.32. The number of halogens is 1. The molecule has 0 amide bonds. The third kappa shape index (κ3) is 6.33. The Kier molecular flexibility index (Phi) is 7.29. The Balaban J connectivity index is 1.35. The normalized spacial score (nSPS) is 22.2. The number of pyridine rings is 1. The summed E-state index contributed by atoms with van der Waals surface area (Å²) in [6, 6.07) is 4.78. The van der Waals surface area contributed by atoms with Crippen molar-refractivity contribution in [3.8, 4) is 11.3 Å². The molecule has 0 aromatic carbocycles. The van der Waals surface area contributed by atoms with E-state index >= 15 is 0 Å². The fourth-order valence-corrected chi connectivity index (χ4v) is 4.20. The fraction of sp³-hybridized carbons (Fsp3) is 0.609. The first-order valence-electron chi connectivity index (χ1n) is 11.3.